The SMILES string of the molecule is COCC(=O)NC1CCN(C(=O)c2cccc(OC)c2)CC1. The van der Waals surface area contributed by atoms with E-state index in [4.69, 9.17) is 9.47 Å². The molecule has 1 aromatic carbocycles. The second-order valence-electron chi connectivity index (χ2n) is 5.30. The third kappa shape index (κ3) is 4.21. The van der Waals surface area contributed by atoms with E-state index in [1.165, 1.54) is 7.11 Å². The van der Waals surface area contributed by atoms with Gasteiger partial charge in [0, 0.05) is 31.8 Å². The lowest BCUT2D eigenvalue weighted by Crippen LogP contribution is -2.47. The summed E-state index contributed by atoms with van der Waals surface area (Å²) in [4.78, 5) is 25.8. The third-order valence-electron chi connectivity index (χ3n) is 3.74. The van der Waals surface area contributed by atoms with Crippen molar-refractivity contribution >= 4 is 11.8 Å². The van der Waals surface area contributed by atoms with Crippen LogP contribution in [0.2, 0.25) is 0 Å². The average Bonchev–Trinajstić information content (AvgIpc) is 2.55. The first kappa shape index (κ1) is 16.3. The van der Waals surface area contributed by atoms with Gasteiger partial charge in [0.1, 0.15) is 12.4 Å². The van der Waals surface area contributed by atoms with Crippen LogP contribution in [0.3, 0.4) is 0 Å². The number of nitrogens with one attached hydrogen (secondary N) is 1. The lowest BCUT2D eigenvalue weighted by atomic mass is 10.0. The van der Waals surface area contributed by atoms with Crippen LogP contribution in [0.4, 0.5) is 0 Å². The van der Waals surface area contributed by atoms with E-state index in [-0.39, 0.29) is 24.5 Å². The number of ether oxygens (including phenoxy) is 2. The van der Waals surface area contributed by atoms with Crippen molar-refractivity contribution in [3.8, 4) is 5.75 Å². The molecule has 2 rings (SSSR count). The number of benzene rings is 1. The van der Waals surface area contributed by atoms with Gasteiger partial charge in [-0.1, -0.05) is 6.07 Å². The van der Waals surface area contributed by atoms with Crippen LogP contribution in [0.5, 0.6) is 5.75 Å². The van der Waals surface area contributed by atoms with E-state index >= 15 is 0 Å². The van der Waals surface area contributed by atoms with Gasteiger partial charge in [0.25, 0.3) is 5.91 Å². The Labute approximate surface area is 130 Å². The van der Waals surface area contributed by atoms with E-state index in [1.807, 2.05) is 17.0 Å². The molecule has 6 heteroatoms. The number of carbonyl (C=O) groups excluding carboxylic acids is 2. The lowest BCUT2D eigenvalue weighted by Gasteiger charge is -2.32. The molecule has 22 heavy (non-hydrogen) atoms. The Kier molecular flexibility index (Phi) is 5.77. The summed E-state index contributed by atoms with van der Waals surface area (Å²) in [5, 5.41) is 2.92. The van der Waals surface area contributed by atoms with Gasteiger partial charge in [-0.05, 0) is 31.0 Å². The zero-order valence-electron chi connectivity index (χ0n) is 13.0. The van der Waals surface area contributed by atoms with Crippen molar-refractivity contribution in [2.75, 3.05) is 33.9 Å². The van der Waals surface area contributed by atoms with Crippen molar-refractivity contribution in [3.05, 3.63) is 29.8 Å². The summed E-state index contributed by atoms with van der Waals surface area (Å²) < 4.78 is 9.94. The molecule has 1 saturated heterocycles. The Bertz CT molecular complexity index is 525. The molecule has 0 aliphatic carbocycles. The highest BCUT2D eigenvalue weighted by molar-refractivity contribution is 5.94. The number of hydrogen-bond donors (Lipinski definition) is 1. The van der Waals surface area contributed by atoms with Crippen molar-refractivity contribution in [1.82, 2.24) is 10.2 Å². The van der Waals surface area contributed by atoms with E-state index in [1.54, 1.807) is 19.2 Å². The molecule has 1 aliphatic rings. The third-order valence-corrected chi connectivity index (χ3v) is 3.74. The maximum Gasteiger partial charge on any atom is 0.253 e. The second kappa shape index (κ2) is 7.79. The average molecular weight is 306 g/mol. The van der Waals surface area contributed by atoms with E-state index in [9.17, 15) is 9.59 Å². The fourth-order valence-corrected chi connectivity index (χ4v) is 2.57. The predicted molar refractivity (Wildman–Crippen MR) is 81.9 cm³/mol. The number of nitrogens with zero attached hydrogens (tertiary/aromatic N) is 1. The fraction of sp³-hybridized carbons (Fsp3) is 0.500. The number of rotatable bonds is 5. The number of amides is 2. The predicted octanol–water partition coefficient (Wildman–Crippen LogP) is 1.06. The normalized spacial score (nSPS) is 15.5. The number of methoxy groups -OCH3 is 2. The van der Waals surface area contributed by atoms with Crippen molar-refractivity contribution in [3.63, 3.8) is 0 Å². The summed E-state index contributed by atoms with van der Waals surface area (Å²) in [7, 11) is 3.08. The highest BCUT2D eigenvalue weighted by Crippen LogP contribution is 2.17. The number of piperidine rings is 1. The van der Waals surface area contributed by atoms with E-state index in [2.05, 4.69) is 5.32 Å². The number of hydrogen-bond acceptors (Lipinski definition) is 4. The molecule has 0 radical (unpaired) electrons. The van der Waals surface area contributed by atoms with Crippen LogP contribution in [-0.4, -0.2) is 56.7 Å². The van der Waals surface area contributed by atoms with E-state index in [0.29, 0.717) is 24.4 Å². The molecule has 0 saturated carbocycles. The topological polar surface area (TPSA) is 67.9 Å². The van der Waals surface area contributed by atoms with Crippen LogP contribution in [0, 0.1) is 0 Å². The molecule has 0 unspecified atom stereocenters. The second-order valence-corrected chi connectivity index (χ2v) is 5.30. The van der Waals surface area contributed by atoms with Crippen LogP contribution < -0.4 is 10.1 Å². The van der Waals surface area contributed by atoms with E-state index < -0.39 is 0 Å². The van der Waals surface area contributed by atoms with Crippen LogP contribution in [-0.2, 0) is 9.53 Å². The summed E-state index contributed by atoms with van der Waals surface area (Å²) >= 11 is 0. The Morgan fingerprint density at radius 2 is 2.00 bits per heavy atom. The standard InChI is InChI=1S/C16H22N2O4/c1-21-11-15(19)17-13-6-8-18(9-7-13)16(20)12-4-3-5-14(10-12)22-2/h3-5,10,13H,6-9,11H2,1-2H3,(H,17,19). The minimum absolute atomic E-state index is 0.000526. The highest BCUT2D eigenvalue weighted by atomic mass is 16.5. The van der Waals surface area contributed by atoms with Crippen molar-refractivity contribution in [2.24, 2.45) is 0 Å². The molecule has 1 aromatic rings. The Hall–Kier alpha value is -2.08. The van der Waals surface area contributed by atoms with Gasteiger partial charge >= 0.3 is 0 Å². The monoisotopic (exact) mass is 306 g/mol. The van der Waals surface area contributed by atoms with Gasteiger partial charge in [-0.3, -0.25) is 9.59 Å². The van der Waals surface area contributed by atoms with Gasteiger partial charge in [-0.2, -0.15) is 0 Å². The van der Waals surface area contributed by atoms with Crippen LogP contribution in [0.15, 0.2) is 24.3 Å². The molecule has 1 heterocycles. The molecule has 120 valence electrons. The summed E-state index contributed by atoms with van der Waals surface area (Å²) in [6.07, 6.45) is 1.51. The molecule has 0 spiro atoms. The molecule has 6 nitrogen and oxygen atoms in total. The summed E-state index contributed by atoms with van der Waals surface area (Å²) in [6.45, 7) is 1.34. The van der Waals surface area contributed by atoms with Gasteiger partial charge in [0.15, 0.2) is 0 Å². The molecule has 0 aromatic heterocycles. The van der Waals surface area contributed by atoms with Gasteiger partial charge in [0.2, 0.25) is 5.91 Å². The quantitative estimate of drug-likeness (QED) is 0.883. The lowest BCUT2D eigenvalue weighted by molar-refractivity contribution is -0.125. The minimum Gasteiger partial charge on any atom is -0.497 e. The summed E-state index contributed by atoms with van der Waals surface area (Å²) in [5.41, 5.74) is 0.626. The summed E-state index contributed by atoms with van der Waals surface area (Å²) in [5.74, 6) is 0.563. The molecule has 1 aliphatic heterocycles. The van der Waals surface area contributed by atoms with Gasteiger partial charge in [-0.25, -0.2) is 0 Å². The van der Waals surface area contributed by atoms with Crippen molar-refractivity contribution in [1.29, 1.82) is 0 Å². The molecule has 0 bridgehead atoms. The maximum atomic E-state index is 12.5. The number of carbonyl (C=O) groups is 2. The first-order chi connectivity index (χ1) is 10.6. The Balaban J connectivity index is 1.88. The zero-order chi connectivity index (χ0) is 15.9. The largest absolute Gasteiger partial charge is 0.497 e. The van der Waals surface area contributed by atoms with Crippen molar-refractivity contribution < 1.29 is 19.1 Å². The number of likely N-dealkylation sites (tertiary alicyclic amines) is 1. The zero-order valence-corrected chi connectivity index (χ0v) is 13.0. The maximum absolute atomic E-state index is 12.5. The highest BCUT2D eigenvalue weighted by Gasteiger charge is 2.24. The first-order valence-electron chi connectivity index (χ1n) is 7.35. The Morgan fingerprint density at radius 3 is 2.64 bits per heavy atom. The minimum atomic E-state index is -0.111. The molecule has 2 amide bonds. The molecule has 1 N–H and O–H groups in total. The Morgan fingerprint density at radius 1 is 1.27 bits per heavy atom. The first-order valence-corrected chi connectivity index (χ1v) is 7.35. The van der Waals surface area contributed by atoms with Crippen LogP contribution >= 0.6 is 0 Å². The van der Waals surface area contributed by atoms with Crippen LogP contribution in [0.1, 0.15) is 23.2 Å². The van der Waals surface area contributed by atoms with E-state index in [0.717, 1.165) is 12.8 Å². The van der Waals surface area contributed by atoms with Crippen LogP contribution in [0.25, 0.3) is 0 Å². The molecule has 1 fully saturated rings. The molecule has 0 atom stereocenters. The molecular formula is C16H22N2O4. The van der Waals surface area contributed by atoms with Gasteiger partial charge in [-0.15, -0.1) is 0 Å². The van der Waals surface area contributed by atoms with Gasteiger partial charge in [0.05, 0.1) is 7.11 Å². The van der Waals surface area contributed by atoms with Gasteiger partial charge < -0.3 is 19.7 Å². The van der Waals surface area contributed by atoms with Crippen molar-refractivity contribution in [2.45, 2.75) is 18.9 Å². The fourth-order valence-electron chi connectivity index (χ4n) is 2.57. The summed E-state index contributed by atoms with van der Waals surface area (Å²) in [6, 6.07) is 7.27. The molecular weight excluding hydrogens is 284 g/mol. The smallest absolute Gasteiger partial charge is 0.253 e.